The van der Waals surface area contributed by atoms with Gasteiger partial charge in [0.2, 0.25) is 0 Å². The van der Waals surface area contributed by atoms with Crippen LogP contribution in [0.4, 0.5) is 26.3 Å². The Labute approximate surface area is 258 Å². The first-order valence-electron chi connectivity index (χ1n) is 13.5. The molecule has 0 unspecified atom stereocenters. The molecule has 3 aromatic carbocycles. The molecule has 0 aliphatic carbocycles. The fourth-order valence-corrected chi connectivity index (χ4v) is 5.72. The Morgan fingerprint density at radius 2 is 1.52 bits per heavy atom. The zero-order chi connectivity index (χ0) is 33.4. The summed E-state index contributed by atoms with van der Waals surface area (Å²) in [6, 6.07) is 14.4. The van der Waals surface area contributed by atoms with Crippen molar-refractivity contribution in [3.8, 4) is 39.5 Å². The standard InChI is InChI=1S/C30H25F6N5O4S/c1-4-44-17-22-6-5-21(14-27(22)46(3,42)43)20-9-12-24(40-16-28(29(31,32)33)38-18(40)2)25(13-20)41-26(15-37-39-41)19-7-10-23(11-8-19)45-30(34,35)36/h5-16H,4,17H2,1-3H3. The van der Waals surface area contributed by atoms with Crippen LogP contribution >= 0.6 is 0 Å². The molecule has 242 valence electrons. The summed E-state index contributed by atoms with van der Waals surface area (Å²) < 4.78 is 116. The van der Waals surface area contributed by atoms with Gasteiger partial charge in [0.25, 0.3) is 0 Å². The van der Waals surface area contributed by atoms with Gasteiger partial charge >= 0.3 is 12.5 Å². The highest BCUT2D eigenvalue weighted by Gasteiger charge is 2.35. The van der Waals surface area contributed by atoms with E-state index in [-0.39, 0.29) is 34.4 Å². The largest absolute Gasteiger partial charge is 0.573 e. The van der Waals surface area contributed by atoms with Crippen molar-refractivity contribution in [1.29, 1.82) is 0 Å². The Bertz CT molecular complexity index is 1980. The number of ether oxygens (including phenoxy) is 2. The lowest BCUT2D eigenvalue weighted by Crippen LogP contribution is -2.16. The van der Waals surface area contributed by atoms with Gasteiger partial charge in [-0.25, -0.2) is 18.1 Å². The van der Waals surface area contributed by atoms with E-state index < -0.39 is 33.8 Å². The number of halogens is 6. The van der Waals surface area contributed by atoms with Gasteiger partial charge in [-0.1, -0.05) is 23.4 Å². The van der Waals surface area contributed by atoms with Crippen molar-refractivity contribution in [2.45, 2.75) is 37.9 Å². The molecular weight excluding hydrogens is 640 g/mol. The number of alkyl halides is 6. The minimum atomic E-state index is -4.89. The molecule has 0 atom stereocenters. The summed E-state index contributed by atoms with van der Waals surface area (Å²) in [5, 5.41) is 8.09. The lowest BCUT2D eigenvalue weighted by atomic mass is 10.0. The van der Waals surface area contributed by atoms with Crippen LogP contribution in [-0.2, 0) is 27.4 Å². The molecule has 2 heterocycles. The molecule has 0 aliphatic rings. The van der Waals surface area contributed by atoms with Crippen molar-refractivity contribution < 1.29 is 44.2 Å². The van der Waals surface area contributed by atoms with E-state index in [2.05, 4.69) is 20.0 Å². The van der Waals surface area contributed by atoms with Gasteiger partial charge in [-0.2, -0.15) is 13.2 Å². The number of aromatic nitrogens is 5. The van der Waals surface area contributed by atoms with Gasteiger partial charge in [0, 0.05) is 24.6 Å². The third kappa shape index (κ3) is 7.07. The minimum Gasteiger partial charge on any atom is -0.406 e. The third-order valence-electron chi connectivity index (χ3n) is 6.83. The summed E-state index contributed by atoms with van der Waals surface area (Å²) in [7, 11) is -3.68. The molecule has 5 rings (SSSR count). The molecule has 5 aromatic rings. The summed E-state index contributed by atoms with van der Waals surface area (Å²) in [5.41, 5.74) is 1.37. The maximum atomic E-state index is 13.6. The molecule has 0 radical (unpaired) electrons. The maximum Gasteiger partial charge on any atom is 0.573 e. The number of hydrogen-bond donors (Lipinski definition) is 0. The van der Waals surface area contributed by atoms with Crippen LogP contribution in [0.3, 0.4) is 0 Å². The molecule has 16 heteroatoms. The second-order valence-electron chi connectivity index (χ2n) is 10.1. The molecule has 0 aliphatic heterocycles. The van der Waals surface area contributed by atoms with Crippen LogP contribution in [-0.4, -0.2) is 52.2 Å². The van der Waals surface area contributed by atoms with Crippen molar-refractivity contribution in [3.63, 3.8) is 0 Å². The molecule has 0 bridgehead atoms. The summed E-state index contributed by atoms with van der Waals surface area (Å²) >= 11 is 0. The molecule has 46 heavy (non-hydrogen) atoms. The Kier molecular flexibility index (Phi) is 8.70. The third-order valence-corrected chi connectivity index (χ3v) is 8.01. The second-order valence-corrected chi connectivity index (χ2v) is 12.1. The first-order chi connectivity index (χ1) is 21.5. The smallest absolute Gasteiger partial charge is 0.406 e. The van der Waals surface area contributed by atoms with E-state index in [0.717, 1.165) is 24.6 Å². The highest BCUT2D eigenvalue weighted by molar-refractivity contribution is 7.90. The molecule has 9 nitrogen and oxygen atoms in total. The zero-order valence-corrected chi connectivity index (χ0v) is 25.2. The van der Waals surface area contributed by atoms with E-state index in [0.29, 0.717) is 28.9 Å². The van der Waals surface area contributed by atoms with Crippen molar-refractivity contribution in [2.75, 3.05) is 12.9 Å². The summed E-state index contributed by atoms with van der Waals surface area (Å²) in [6.45, 7) is 3.61. The topological polar surface area (TPSA) is 101 Å². The molecule has 2 aromatic heterocycles. The zero-order valence-electron chi connectivity index (χ0n) is 24.4. The minimum absolute atomic E-state index is 0.0104. The van der Waals surface area contributed by atoms with Crippen LogP contribution < -0.4 is 4.74 Å². The van der Waals surface area contributed by atoms with Crippen molar-refractivity contribution in [1.82, 2.24) is 24.5 Å². The number of aryl methyl sites for hydroxylation is 1. The fourth-order valence-electron chi connectivity index (χ4n) is 4.78. The molecule has 0 amide bonds. The van der Waals surface area contributed by atoms with Crippen molar-refractivity contribution in [2.24, 2.45) is 0 Å². The molecular formula is C30H25F6N5O4S. The molecule has 0 spiro atoms. The van der Waals surface area contributed by atoms with E-state index in [1.807, 2.05) is 0 Å². The van der Waals surface area contributed by atoms with Crippen LogP contribution in [0, 0.1) is 6.92 Å². The number of hydrogen-bond acceptors (Lipinski definition) is 7. The Morgan fingerprint density at radius 3 is 2.13 bits per heavy atom. The lowest BCUT2D eigenvalue weighted by molar-refractivity contribution is -0.274. The van der Waals surface area contributed by atoms with E-state index in [1.54, 1.807) is 31.2 Å². The fraction of sp³-hybridized carbons (Fsp3) is 0.233. The van der Waals surface area contributed by atoms with E-state index in [4.69, 9.17) is 4.74 Å². The Morgan fingerprint density at radius 1 is 0.870 bits per heavy atom. The average molecular weight is 666 g/mol. The van der Waals surface area contributed by atoms with Gasteiger partial charge < -0.3 is 14.0 Å². The van der Waals surface area contributed by atoms with Crippen LogP contribution in [0.2, 0.25) is 0 Å². The number of imidazole rings is 1. The van der Waals surface area contributed by atoms with Gasteiger partial charge in [0.1, 0.15) is 11.6 Å². The summed E-state index contributed by atoms with van der Waals surface area (Å²) in [5.74, 6) is -0.447. The first-order valence-corrected chi connectivity index (χ1v) is 15.4. The van der Waals surface area contributed by atoms with Gasteiger partial charge in [-0.05, 0) is 73.0 Å². The number of rotatable bonds is 9. The Hall–Kier alpha value is -4.70. The summed E-state index contributed by atoms with van der Waals surface area (Å²) in [6.07, 6.45) is -6.38. The average Bonchev–Trinajstić information content (AvgIpc) is 3.62. The van der Waals surface area contributed by atoms with Crippen LogP contribution in [0.1, 0.15) is 24.0 Å². The predicted molar refractivity (Wildman–Crippen MR) is 154 cm³/mol. The van der Waals surface area contributed by atoms with Crippen LogP contribution in [0.5, 0.6) is 5.75 Å². The van der Waals surface area contributed by atoms with Gasteiger partial charge in [-0.3, -0.25) is 0 Å². The lowest BCUT2D eigenvalue weighted by Gasteiger charge is -2.17. The second kappa shape index (κ2) is 12.2. The summed E-state index contributed by atoms with van der Waals surface area (Å²) in [4.78, 5) is 3.71. The van der Waals surface area contributed by atoms with Gasteiger partial charge in [0.15, 0.2) is 15.5 Å². The normalized spacial score (nSPS) is 12.5. The van der Waals surface area contributed by atoms with Crippen LogP contribution in [0.15, 0.2) is 78.0 Å². The number of nitrogens with zero attached hydrogens (tertiary/aromatic N) is 5. The van der Waals surface area contributed by atoms with Gasteiger partial charge in [-0.15, -0.1) is 18.3 Å². The SMILES string of the molecule is CCOCc1ccc(-c2ccc(-n3cc(C(F)(F)F)nc3C)c(-n3nncc3-c3ccc(OC(F)(F)F)cc3)c2)cc1S(C)(=O)=O. The molecule has 0 saturated heterocycles. The van der Waals surface area contributed by atoms with E-state index >= 15 is 0 Å². The molecule has 0 saturated carbocycles. The maximum absolute atomic E-state index is 13.6. The molecule has 0 N–H and O–H groups in total. The quantitative estimate of drug-likeness (QED) is 0.157. The monoisotopic (exact) mass is 665 g/mol. The van der Waals surface area contributed by atoms with E-state index in [1.165, 1.54) is 46.6 Å². The van der Waals surface area contributed by atoms with Gasteiger partial charge in [0.05, 0.1) is 34.8 Å². The number of benzene rings is 3. The highest BCUT2D eigenvalue weighted by Crippen LogP contribution is 2.35. The van der Waals surface area contributed by atoms with Crippen molar-refractivity contribution >= 4 is 9.84 Å². The first kappa shape index (κ1) is 32.7. The van der Waals surface area contributed by atoms with E-state index in [9.17, 15) is 34.8 Å². The van der Waals surface area contributed by atoms with Crippen LogP contribution in [0.25, 0.3) is 33.8 Å². The molecule has 0 fully saturated rings. The predicted octanol–water partition coefficient (Wildman–Crippen LogP) is 6.95. The highest BCUT2D eigenvalue weighted by atomic mass is 32.2. The number of sulfone groups is 1. The Balaban J connectivity index is 1.69. The van der Waals surface area contributed by atoms with Crippen molar-refractivity contribution in [3.05, 3.63) is 90.1 Å².